The molecule has 1 saturated carbocycles. The van der Waals surface area contributed by atoms with E-state index in [0.717, 1.165) is 18.5 Å². The molecular formula is C18H18N2O3S. The highest BCUT2D eigenvalue weighted by Crippen LogP contribution is 2.36. The third-order valence-electron chi connectivity index (χ3n) is 4.72. The van der Waals surface area contributed by atoms with Gasteiger partial charge in [0.2, 0.25) is 0 Å². The first-order chi connectivity index (χ1) is 11.7. The minimum Gasteiger partial charge on any atom is -0.490 e. The van der Waals surface area contributed by atoms with E-state index in [9.17, 15) is 9.59 Å². The Labute approximate surface area is 144 Å². The number of fused-ring (bicyclic) bond motifs is 1. The highest BCUT2D eigenvalue weighted by Gasteiger charge is 2.32. The van der Waals surface area contributed by atoms with Crippen LogP contribution in [0.4, 0.5) is 0 Å². The number of benzene rings is 1. The number of nitrogens with one attached hydrogen (secondary N) is 1. The molecule has 2 aromatic rings. The minimum atomic E-state index is -0.647. The Hall–Kier alpha value is -2.21. The summed E-state index contributed by atoms with van der Waals surface area (Å²) in [5.41, 5.74) is 3.13. The van der Waals surface area contributed by atoms with Gasteiger partial charge in [0.05, 0.1) is 16.8 Å². The first-order valence-corrected chi connectivity index (χ1v) is 9.12. The molecule has 0 bridgehead atoms. The molecule has 1 atom stereocenters. The number of hydrogen-bond acceptors (Lipinski definition) is 5. The lowest BCUT2D eigenvalue weighted by Crippen LogP contribution is -2.47. The van der Waals surface area contributed by atoms with E-state index in [4.69, 9.17) is 4.74 Å². The van der Waals surface area contributed by atoms with Crippen LogP contribution in [0.3, 0.4) is 0 Å². The summed E-state index contributed by atoms with van der Waals surface area (Å²) in [5, 5.41) is 2.83. The van der Waals surface area contributed by atoms with Gasteiger partial charge < -0.3 is 10.1 Å². The lowest BCUT2D eigenvalue weighted by Gasteiger charge is -2.24. The molecule has 124 valence electrons. The molecule has 1 fully saturated rings. The Morgan fingerprint density at radius 3 is 2.88 bits per heavy atom. The summed E-state index contributed by atoms with van der Waals surface area (Å²) >= 11 is 1.34. The predicted octanol–water partition coefficient (Wildman–Crippen LogP) is 3.17. The summed E-state index contributed by atoms with van der Waals surface area (Å²) in [6.07, 6.45) is 4.55. The highest BCUT2D eigenvalue weighted by molar-refractivity contribution is 7.11. The third-order valence-corrected chi connectivity index (χ3v) is 5.56. The minimum absolute atomic E-state index is 0.0999. The van der Waals surface area contributed by atoms with Crippen molar-refractivity contribution in [1.82, 2.24) is 10.3 Å². The Bertz CT molecular complexity index is 780. The maximum atomic E-state index is 12.7. The van der Waals surface area contributed by atoms with E-state index in [-0.39, 0.29) is 18.3 Å². The van der Waals surface area contributed by atoms with Crippen molar-refractivity contribution in [1.29, 1.82) is 0 Å². The number of carbonyl (C=O) groups excluding carboxylic acids is 2. The topological polar surface area (TPSA) is 68.3 Å². The normalized spacial score (nSPS) is 20.5. The van der Waals surface area contributed by atoms with Crippen molar-refractivity contribution < 1.29 is 14.3 Å². The van der Waals surface area contributed by atoms with E-state index in [1.165, 1.54) is 24.2 Å². The molecule has 0 unspecified atom stereocenters. The number of carbonyl (C=O) groups is 2. The molecule has 6 heteroatoms. The summed E-state index contributed by atoms with van der Waals surface area (Å²) < 4.78 is 5.61. The monoisotopic (exact) mass is 342 g/mol. The van der Waals surface area contributed by atoms with Crippen molar-refractivity contribution in [3.05, 3.63) is 45.9 Å². The van der Waals surface area contributed by atoms with E-state index in [0.29, 0.717) is 22.1 Å². The summed E-state index contributed by atoms with van der Waals surface area (Å²) in [6, 6.07) is 6.48. The second-order valence-electron chi connectivity index (χ2n) is 6.25. The van der Waals surface area contributed by atoms with Gasteiger partial charge in [0.25, 0.3) is 5.91 Å². The molecule has 2 heterocycles. The largest absolute Gasteiger partial charge is 0.490 e. The SMILES string of the molecule is O=C(N[C@H]1COc2ccccc2C1=O)c1scnc1C1CCCC1. The van der Waals surface area contributed by atoms with Crippen LogP contribution in [0.2, 0.25) is 0 Å². The zero-order valence-electron chi connectivity index (χ0n) is 13.2. The first kappa shape index (κ1) is 15.3. The van der Waals surface area contributed by atoms with Crippen LogP contribution >= 0.6 is 11.3 Å². The van der Waals surface area contributed by atoms with Gasteiger partial charge in [0, 0.05) is 5.92 Å². The van der Waals surface area contributed by atoms with Gasteiger partial charge in [-0.2, -0.15) is 0 Å². The molecule has 2 aliphatic rings. The summed E-state index contributed by atoms with van der Waals surface area (Å²) in [7, 11) is 0. The number of hydrogen-bond donors (Lipinski definition) is 1. The van der Waals surface area contributed by atoms with Gasteiger partial charge in [0.15, 0.2) is 5.78 Å². The smallest absolute Gasteiger partial charge is 0.264 e. The number of rotatable bonds is 3. The van der Waals surface area contributed by atoms with Gasteiger partial charge in [-0.3, -0.25) is 9.59 Å². The average molecular weight is 342 g/mol. The van der Waals surface area contributed by atoms with Gasteiger partial charge in [0.1, 0.15) is 23.3 Å². The molecule has 1 aromatic heterocycles. The highest BCUT2D eigenvalue weighted by atomic mass is 32.1. The van der Waals surface area contributed by atoms with Crippen LogP contribution in [0.1, 0.15) is 57.3 Å². The molecule has 1 N–H and O–H groups in total. The summed E-state index contributed by atoms with van der Waals surface area (Å²) in [6.45, 7) is 0.166. The van der Waals surface area contributed by atoms with Crippen molar-refractivity contribution >= 4 is 23.0 Å². The standard InChI is InChI=1S/C18H18N2O3S/c21-16-12-7-3-4-8-14(12)23-9-13(16)20-18(22)17-15(19-10-24-17)11-5-1-2-6-11/h3-4,7-8,10-11,13H,1-2,5-6,9H2,(H,20,22)/t13-/m0/s1. The zero-order valence-corrected chi connectivity index (χ0v) is 14.0. The summed E-state index contributed by atoms with van der Waals surface area (Å²) in [4.78, 5) is 30.3. The van der Waals surface area contributed by atoms with Crippen LogP contribution in [0.5, 0.6) is 5.75 Å². The molecule has 24 heavy (non-hydrogen) atoms. The number of para-hydroxylation sites is 1. The van der Waals surface area contributed by atoms with Crippen molar-refractivity contribution in [2.24, 2.45) is 0 Å². The Morgan fingerprint density at radius 1 is 1.25 bits per heavy atom. The van der Waals surface area contributed by atoms with E-state index in [1.807, 2.05) is 6.07 Å². The van der Waals surface area contributed by atoms with Crippen LogP contribution in [-0.2, 0) is 0 Å². The second-order valence-corrected chi connectivity index (χ2v) is 7.10. The van der Waals surface area contributed by atoms with E-state index < -0.39 is 6.04 Å². The number of nitrogens with zero attached hydrogens (tertiary/aromatic N) is 1. The quantitative estimate of drug-likeness (QED) is 0.930. The van der Waals surface area contributed by atoms with Crippen molar-refractivity contribution in [3.8, 4) is 5.75 Å². The second kappa shape index (κ2) is 6.36. The van der Waals surface area contributed by atoms with Gasteiger partial charge in [-0.25, -0.2) is 4.98 Å². The molecule has 1 amide bonds. The third kappa shape index (κ3) is 2.71. The number of aromatic nitrogens is 1. The van der Waals surface area contributed by atoms with E-state index in [1.54, 1.807) is 23.7 Å². The molecule has 0 saturated heterocycles. The van der Waals surface area contributed by atoms with Gasteiger partial charge in [-0.1, -0.05) is 25.0 Å². The van der Waals surface area contributed by atoms with E-state index >= 15 is 0 Å². The fourth-order valence-electron chi connectivity index (χ4n) is 3.48. The predicted molar refractivity (Wildman–Crippen MR) is 90.8 cm³/mol. The molecule has 4 rings (SSSR count). The fourth-order valence-corrected chi connectivity index (χ4v) is 4.26. The van der Waals surface area contributed by atoms with Crippen LogP contribution in [0.15, 0.2) is 29.8 Å². The van der Waals surface area contributed by atoms with Crippen LogP contribution in [0.25, 0.3) is 0 Å². The molecule has 1 aromatic carbocycles. The molecular weight excluding hydrogens is 324 g/mol. The van der Waals surface area contributed by atoms with Crippen LogP contribution in [-0.4, -0.2) is 29.3 Å². The van der Waals surface area contributed by atoms with Gasteiger partial charge in [-0.05, 0) is 25.0 Å². The van der Waals surface area contributed by atoms with Crippen molar-refractivity contribution in [2.75, 3.05) is 6.61 Å². The molecule has 1 aliphatic carbocycles. The Kier molecular flexibility index (Phi) is 4.06. The number of ketones is 1. The lowest BCUT2D eigenvalue weighted by molar-refractivity contribution is 0.0796. The Morgan fingerprint density at radius 2 is 2.04 bits per heavy atom. The van der Waals surface area contributed by atoms with E-state index in [2.05, 4.69) is 10.3 Å². The number of thiazole rings is 1. The lowest BCUT2D eigenvalue weighted by atomic mass is 10.00. The summed E-state index contributed by atoms with van der Waals surface area (Å²) in [5.74, 6) is 0.631. The fraction of sp³-hybridized carbons (Fsp3) is 0.389. The Balaban J connectivity index is 1.51. The van der Waals surface area contributed by atoms with Crippen LogP contribution < -0.4 is 10.1 Å². The van der Waals surface area contributed by atoms with Crippen molar-refractivity contribution in [2.45, 2.75) is 37.6 Å². The number of ether oxygens (including phenoxy) is 1. The molecule has 1 aliphatic heterocycles. The van der Waals surface area contributed by atoms with Crippen molar-refractivity contribution in [3.63, 3.8) is 0 Å². The first-order valence-electron chi connectivity index (χ1n) is 8.24. The van der Waals surface area contributed by atoms with Gasteiger partial charge in [-0.15, -0.1) is 11.3 Å². The molecule has 0 radical (unpaired) electrons. The molecule has 5 nitrogen and oxygen atoms in total. The van der Waals surface area contributed by atoms with Crippen LogP contribution in [0, 0.1) is 0 Å². The maximum absolute atomic E-state index is 12.7. The maximum Gasteiger partial charge on any atom is 0.264 e. The average Bonchev–Trinajstić information content (AvgIpc) is 3.28. The zero-order chi connectivity index (χ0) is 16.5. The number of Topliss-reactive ketones (excluding diaryl/α,β-unsaturated/α-hetero) is 1. The molecule has 0 spiro atoms. The van der Waals surface area contributed by atoms with Gasteiger partial charge >= 0.3 is 0 Å². The number of amides is 1.